The van der Waals surface area contributed by atoms with Crippen molar-refractivity contribution < 1.29 is 19.0 Å². The lowest BCUT2D eigenvalue weighted by Crippen LogP contribution is -2.31. The SMILES string of the molecule is CCN(Cc1ccc2c(c1)OCO2)C(=O)CSc1nc2ccc(OC)cc2[nH]1. The highest BCUT2D eigenvalue weighted by Gasteiger charge is 2.17. The second kappa shape index (κ2) is 8.02. The van der Waals surface area contributed by atoms with Gasteiger partial charge in [0, 0.05) is 19.2 Å². The molecule has 0 radical (unpaired) electrons. The number of benzene rings is 2. The lowest BCUT2D eigenvalue weighted by Gasteiger charge is -2.20. The number of carbonyl (C=O) groups excluding carboxylic acids is 1. The van der Waals surface area contributed by atoms with Crippen LogP contribution in [0.15, 0.2) is 41.6 Å². The molecule has 0 spiro atoms. The van der Waals surface area contributed by atoms with E-state index in [-0.39, 0.29) is 12.7 Å². The summed E-state index contributed by atoms with van der Waals surface area (Å²) in [5.41, 5.74) is 2.76. The van der Waals surface area contributed by atoms with Gasteiger partial charge in [-0.3, -0.25) is 4.79 Å². The Balaban J connectivity index is 1.39. The molecule has 28 heavy (non-hydrogen) atoms. The highest BCUT2D eigenvalue weighted by atomic mass is 32.2. The summed E-state index contributed by atoms with van der Waals surface area (Å²) in [6.45, 7) is 3.38. The minimum absolute atomic E-state index is 0.0585. The van der Waals surface area contributed by atoms with Crippen LogP contribution in [0.5, 0.6) is 17.2 Å². The Morgan fingerprint density at radius 1 is 1.25 bits per heavy atom. The molecular formula is C20H21N3O4S. The van der Waals surface area contributed by atoms with Gasteiger partial charge in [0.15, 0.2) is 16.7 Å². The fourth-order valence-electron chi connectivity index (χ4n) is 3.02. The Labute approximate surface area is 167 Å². The van der Waals surface area contributed by atoms with Crippen LogP contribution in [0.25, 0.3) is 11.0 Å². The van der Waals surface area contributed by atoms with Gasteiger partial charge in [0.25, 0.3) is 0 Å². The molecule has 4 rings (SSSR count). The molecule has 3 aromatic rings. The Morgan fingerprint density at radius 2 is 2.11 bits per heavy atom. The van der Waals surface area contributed by atoms with Crippen molar-refractivity contribution in [3.8, 4) is 17.2 Å². The lowest BCUT2D eigenvalue weighted by atomic mass is 10.2. The Kier molecular flexibility index (Phi) is 5.29. The molecule has 7 nitrogen and oxygen atoms in total. The fraction of sp³-hybridized carbons (Fsp3) is 0.300. The first-order valence-corrected chi connectivity index (χ1v) is 9.97. The zero-order valence-corrected chi connectivity index (χ0v) is 16.5. The zero-order valence-electron chi connectivity index (χ0n) is 15.7. The molecule has 2 heterocycles. The highest BCUT2D eigenvalue weighted by molar-refractivity contribution is 7.99. The summed E-state index contributed by atoms with van der Waals surface area (Å²) in [4.78, 5) is 22.3. The maximum Gasteiger partial charge on any atom is 0.233 e. The molecule has 1 aliphatic heterocycles. The smallest absolute Gasteiger partial charge is 0.233 e. The number of thioether (sulfide) groups is 1. The molecule has 0 aliphatic carbocycles. The largest absolute Gasteiger partial charge is 0.497 e. The maximum absolute atomic E-state index is 12.7. The van der Waals surface area contributed by atoms with Crippen LogP contribution in [-0.2, 0) is 11.3 Å². The first-order chi connectivity index (χ1) is 13.7. The second-order valence-corrected chi connectivity index (χ2v) is 7.27. The maximum atomic E-state index is 12.7. The van der Waals surface area contributed by atoms with Crippen LogP contribution < -0.4 is 14.2 Å². The molecule has 1 aliphatic rings. The number of aromatic amines is 1. The van der Waals surface area contributed by atoms with E-state index >= 15 is 0 Å². The number of nitrogens with zero attached hydrogens (tertiary/aromatic N) is 2. The fourth-order valence-corrected chi connectivity index (χ4v) is 3.81. The van der Waals surface area contributed by atoms with E-state index in [9.17, 15) is 4.79 Å². The van der Waals surface area contributed by atoms with Crippen LogP contribution in [0.1, 0.15) is 12.5 Å². The molecule has 1 aromatic heterocycles. The summed E-state index contributed by atoms with van der Waals surface area (Å²) in [6, 6.07) is 11.4. The highest BCUT2D eigenvalue weighted by Crippen LogP contribution is 2.33. The minimum Gasteiger partial charge on any atom is -0.497 e. The van der Waals surface area contributed by atoms with Gasteiger partial charge in [-0.2, -0.15) is 0 Å². The van der Waals surface area contributed by atoms with Crippen molar-refractivity contribution in [2.75, 3.05) is 26.2 Å². The van der Waals surface area contributed by atoms with Gasteiger partial charge in [-0.1, -0.05) is 17.8 Å². The number of amides is 1. The van der Waals surface area contributed by atoms with Crippen LogP contribution in [0.2, 0.25) is 0 Å². The van der Waals surface area contributed by atoms with Gasteiger partial charge in [0.05, 0.1) is 23.9 Å². The van der Waals surface area contributed by atoms with Crippen molar-refractivity contribution in [2.45, 2.75) is 18.6 Å². The molecule has 0 saturated heterocycles. The first kappa shape index (κ1) is 18.5. The molecule has 1 N–H and O–H groups in total. The van der Waals surface area contributed by atoms with Crippen LogP contribution >= 0.6 is 11.8 Å². The average Bonchev–Trinajstić information content (AvgIpc) is 3.35. The minimum atomic E-state index is 0.0585. The summed E-state index contributed by atoms with van der Waals surface area (Å²) in [7, 11) is 1.63. The number of nitrogens with one attached hydrogen (secondary N) is 1. The normalized spacial score (nSPS) is 12.4. The number of H-pyrrole nitrogens is 1. The molecule has 146 valence electrons. The molecule has 8 heteroatoms. The molecule has 0 atom stereocenters. The summed E-state index contributed by atoms with van der Waals surface area (Å²) >= 11 is 1.40. The summed E-state index contributed by atoms with van der Waals surface area (Å²) in [6.07, 6.45) is 0. The molecule has 0 bridgehead atoms. The summed E-state index contributed by atoms with van der Waals surface area (Å²) in [5.74, 6) is 2.62. The third-order valence-electron chi connectivity index (χ3n) is 4.54. The van der Waals surface area contributed by atoms with E-state index in [1.807, 2.05) is 48.2 Å². The van der Waals surface area contributed by atoms with E-state index in [2.05, 4.69) is 9.97 Å². The number of fused-ring (bicyclic) bond motifs is 2. The third kappa shape index (κ3) is 3.87. The van der Waals surface area contributed by atoms with Gasteiger partial charge in [-0.25, -0.2) is 4.98 Å². The number of aromatic nitrogens is 2. The van der Waals surface area contributed by atoms with Crippen molar-refractivity contribution >= 4 is 28.7 Å². The van der Waals surface area contributed by atoms with Crippen LogP contribution in [0.3, 0.4) is 0 Å². The van der Waals surface area contributed by atoms with Crippen LogP contribution in [0, 0.1) is 0 Å². The van der Waals surface area contributed by atoms with Gasteiger partial charge in [-0.15, -0.1) is 0 Å². The van der Waals surface area contributed by atoms with Gasteiger partial charge < -0.3 is 24.1 Å². The van der Waals surface area contributed by atoms with Crippen LogP contribution in [-0.4, -0.2) is 47.0 Å². The van der Waals surface area contributed by atoms with Crippen molar-refractivity contribution in [1.82, 2.24) is 14.9 Å². The average molecular weight is 399 g/mol. The van der Waals surface area contributed by atoms with E-state index < -0.39 is 0 Å². The van der Waals surface area contributed by atoms with E-state index in [4.69, 9.17) is 14.2 Å². The second-order valence-electron chi connectivity index (χ2n) is 6.31. The molecular weight excluding hydrogens is 378 g/mol. The number of methoxy groups -OCH3 is 1. The van der Waals surface area contributed by atoms with Crippen molar-refractivity contribution in [2.24, 2.45) is 0 Å². The van der Waals surface area contributed by atoms with Gasteiger partial charge in [0.1, 0.15) is 5.75 Å². The van der Waals surface area contributed by atoms with Gasteiger partial charge in [-0.05, 0) is 36.8 Å². The van der Waals surface area contributed by atoms with E-state index in [1.54, 1.807) is 7.11 Å². The predicted octanol–water partition coefficient (Wildman–Crippen LogP) is 3.44. The predicted molar refractivity (Wildman–Crippen MR) is 107 cm³/mol. The van der Waals surface area contributed by atoms with Gasteiger partial charge in [0.2, 0.25) is 12.7 Å². The Bertz CT molecular complexity index is 1000. The van der Waals surface area contributed by atoms with E-state index in [0.29, 0.717) is 18.8 Å². The van der Waals surface area contributed by atoms with Crippen molar-refractivity contribution in [3.05, 3.63) is 42.0 Å². The number of carbonyl (C=O) groups is 1. The zero-order chi connectivity index (χ0) is 19.5. The Hall–Kier alpha value is -2.87. The number of hydrogen-bond acceptors (Lipinski definition) is 6. The van der Waals surface area contributed by atoms with Gasteiger partial charge >= 0.3 is 0 Å². The van der Waals surface area contributed by atoms with E-state index in [0.717, 1.165) is 39.0 Å². The molecule has 0 unspecified atom stereocenters. The standard InChI is InChI=1S/C20H21N3O4S/c1-3-23(10-13-4-7-17-18(8-13)27-12-26-17)19(24)11-28-20-21-15-6-5-14(25-2)9-16(15)22-20/h4-9H,3,10-12H2,1-2H3,(H,21,22). The number of hydrogen-bond donors (Lipinski definition) is 1. The lowest BCUT2D eigenvalue weighted by molar-refractivity contribution is -0.128. The number of ether oxygens (including phenoxy) is 3. The topological polar surface area (TPSA) is 76.7 Å². The molecule has 0 saturated carbocycles. The van der Waals surface area contributed by atoms with E-state index in [1.165, 1.54) is 11.8 Å². The monoisotopic (exact) mass is 399 g/mol. The van der Waals surface area contributed by atoms with Crippen molar-refractivity contribution in [1.29, 1.82) is 0 Å². The Morgan fingerprint density at radius 3 is 2.93 bits per heavy atom. The first-order valence-electron chi connectivity index (χ1n) is 8.99. The summed E-state index contributed by atoms with van der Waals surface area (Å²) < 4.78 is 16.0. The third-order valence-corrected chi connectivity index (χ3v) is 5.40. The molecule has 2 aromatic carbocycles. The molecule has 0 fully saturated rings. The van der Waals surface area contributed by atoms with Crippen molar-refractivity contribution in [3.63, 3.8) is 0 Å². The molecule has 1 amide bonds. The number of rotatable bonds is 7. The number of imidazole rings is 1. The quantitative estimate of drug-likeness (QED) is 0.614. The summed E-state index contributed by atoms with van der Waals surface area (Å²) in [5, 5.41) is 0.718. The van der Waals surface area contributed by atoms with Crippen LogP contribution in [0.4, 0.5) is 0 Å².